The number of ether oxygens (including phenoxy) is 1. The van der Waals surface area contributed by atoms with Crippen LogP contribution in [-0.2, 0) is 0 Å². The van der Waals surface area contributed by atoms with E-state index in [-0.39, 0.29) is 5.56 Å². The molecule has 2 rings (SSSR count). The molecule has 5 nitrogen and oxygen atoms in total. The summed E-state index contributed by atoms with van der Waals surface area (Å²) in [5.41, 5.74) is 0.855. The van der Waals surface area contributed by atoms with Crippen LogP contribution in [0, 0.1) is 10.5 Å². The summed E-state index contributed by atoms with van der Waals surface area (Å²) >= 11 is 2.03. The Hall–Kier alpha value is -1.70. The van der Waals surface area contributed by atoms with Gasteiger partial charge in [0.25, 0.3) is 0 Å². The molecule has 0 spiro atoms. The summed E-state index contributed by atoms with van der Waals surface area (Å²) in [6, 6.07) is 4.96. The van der Waals surface area contributed by atoms with E-state index in [0.717, 1.165) is 9.13 Å². The van der Waals surface area contributed by atoms with Crippen LogP contribution in [0.3, 0.4) is 0 Å². The summed E-state index contributed by atoms with van der Waals surface area (Å²) in [5.74, 6) is -0.373. The number of hydrogen-bond donors (Lipinski definition) is 1. The van der Waals surface area contributed by atoms with Gasteiger partial charge in [0.2, 0.25) is 5.88 Å². The molecule has 0 aliphatic heterocycles. The number of para-hydroxylation sites is 1. The van der Waals surface area contributed by atoms with Gasteiger partial charge in [0.1, 0.15) is 17.6 Å². The van der Waals surface area contributed by atoms with Crippen molar-refractivity contribution in [3.05, 3.63) is 45.4 Å². The third-order valence-electron chi connectivity index (χ3n) is 2.27. The monoisotopic (exact) mass is 356 g/mol. The third-order valence-corrected chi connectivity index (χ3v) is 3.01. The Bertz CT molecular complexity index is 602. The van der Waals surface area contributed by atoms with Gasteiger partial charge in [0.05, 0.1) is 3.57 Å². The Morgan fingerprint density at radius 1 is 1.44 bits per heavy atom. The predicted molar refractivity (Wildman–Crippen MR) is 73.0 cm³/mol. The number of hydrogen-bond acceptors (Lipinski definition) is 4. The van der Waals surface area contributed by atoms with Crippen LogP contribution in [0.2, 0.25) is 0 Å². The maximum Gasteiger partial charge on any atom is 0.339 e. The smallest absolute Gasteiger partial charge is 0.339 e. The van der Waals surface area contributed by atoms with Crippen molar-refractivity contribution in [3.63, 3.8) is 0 Å². The lowest BCUT2D eigenvalue weighted by atomic mass is 10.1. The number of aromatic carboxylic acids is 1. The quantitative estimate of drug-likeness (QED) is 0.857. The minimum atomic E-state index is -1.03. The van der Waals surface area contributed by atoms with Gasteiger partial charge in [-0.05, 0) is 41.1 Å². The van der Waals surface area contributed by atoms with Gasteiger partial charge in [-0.15, -0.1) is 0 Å². The molecule has 0 unspecified atom stereocenters. The molecular formula is C12H9IN2O3. The van der Waals surface area contributed by atoms with E-state index >= 15 is 0 Å². The Balaban J connectivity index is 2.46. The molecule has 6 heteroatoms. The molecule has 0 amide bonds. The molecule has 1 heterocycles. The lowest BCUT2D eigenvalue weighted by Crippen LogP contribution is -2.03. The molecule has 0 aliphatic rings. The van der Waals surface area contributed by atoms with Crippen molar-refractivity contribution >= 4 is 28.6 Å². The number of carboxylic acids is 1. The summed E-state index contributed by atoms with van der Waals surface area (Å²) in [4.78, 5) is 19.0. The molecule has 92 valence electrons. The lowest BCUT2D eigenvalue weighted by molar-refractivity contribution is 0.0694. The summed E-state index contributed by atoms with van der Waals surface area (Å²) in [6.45, 7) is 1.79. The standard InChI is InChI=1S/C12H9IN2O3/c1-7-3-2-4-8(12(16)17)10(7)18-11-9(13)5-14-6-15-11/h2-6H,1H3,(H,16,17). The molecule has 0 fully saturated rings. The third kappa shape index (κ3) is 2.58. The normalized spacial score (nSPS) is 10.1. The number of carboxylic acid groups (broad SMARTS) is 1. The van der Waals surface area contributed by atoms with Crippen molar-refractivity contribution < 1.29 is 14.6 Å². The van der Waals surface area contributed by atoms with Gasteiger partial charge < -0.3 is 9.84 Å². The van der Waals surface area contributed by atoms with Crippen LogP contribution in [0.15, 0.2) is 30.7 Å². The van der Waals surface area contributed by atoms with Crippen molar-refractivity contribution in [2.24, 2.45) is 0 Å². The summed E-state index contributed by atoms with van der Waals surface area (Å²) in [6.07, 6.45) is 2.96. The fourth-order valence-electron chi connectivity index (χ4n) is 1.43. The first-order valence-electron chi connectivity index (χ1n) is 5.06. The molecule has 0 saturated heterocycles. The molecule has 0 atom stereocenters. The molecule has 2 aromatic rings. The second-order valence-electron chi connectivity index (χ2n) is 3.53. The van der Waals surface area contributed by atoms with Crippen LogP contribution in [0.5, 0.6) is 11.6 Å². The molecule has 1 aromatic carbocycles. The van der Waals surface area contributed by atoms with Gasteiger partial charge in [0, 0.05) is 6.20 Å². The van der Waals surface area contributed by atoms with Gasteiger partial charge in [-0.2, -0.15) is 0 Å². The first kappa shape index (κ1) is 12.7. The SMILES string of the molecule is Cc1cccc(C(=O)O)c1Oc1ncncc1I. The van der Waals surface area contributed by atoms with E-state index in [9.17, 15) is 4.79 Å². The number of halogens is 1. The summed E-state index contributed by atoms with van der Waals surface area (Å²) < 4.78 is 6.31. The predicted octanol–water partition coefficient (Wildman–Crippen LogP) is 2.88. The number of benzene rings is 1. The minimum Gasteiger partial charge on any atom is -0.478 e. The van der Waals surface area contributed by atoms with Crippen molar-refractivity contribution in [1.29, 1.82) is 0 Å². The van der Waals surface area contributed by atoms with E-state index in [4.69, 9.17) is 9.84 Å². The Morgan fingerprint density at radius 2 is 2.22 bits per heavy atom. The zero-order valence-electron chi connectivity index (χ0n) is 9.42. The average molecular weight is 356 g/mol. The number of carbonyl (C=O) groups is 1. The van der Waals surface area contributed by atoms with Crippen LogP contribution >= 0.6 is 22.6 Å². The van der Waals surface area contributed by atoms with Crippen molar-refractivity contribution in [2.45, 2.75) is 6.92 Å². The Kier molecular flexibility index (Phi) is 3.75. The zero-order chi connectivity index (χ0) is 13.1. The first-order valence-corrected chi connectivity index (χ1v) is 6.13. The fourth-order valence-corrected chi connectivity index (χ4v) is 1.84. The zero-order valence-corrected chi connectivity index (χ0v) is 11.6. The van der Waals surface area contributed by atoms with E-state index in [1.807, 2.05) is 22.6 Å². The second kappa shape index (κ2) is 5.30. The van der Waals surface area contributed by atoms with Crippen molar-refractivity contribution in [2.75, 3.05) is 0 Å². The fraction of sp³-hybridized carbons (Fsp3) is 0.0833. The van der Waals surface area contributed by atoms with Crippen molar-refractivity contribution in [1.82, 2.24) is 9.97 Å². The molecule has 0 saturated carbocycles. The highest BCUT2D eigenvalue weighted by Crippen LogP contribution is 2.29. The molecule has 0 radical (unpaired) electrons. The van der Waals surface area contributed by atoms with Crippen LogP contribution in [0.1, 0.15) is 15.9 Å². The number of aromatic nitrogens is 2. The summed E-state index contributed by atoms with van der Waals surface area (Å²) in [7, 11) is 0. The van der Waals surface area contributed by atoms with Gasteiger partial charge in [-0.25, -0.2) is 14.8 Å². The van der Waals surface area contributed by atoms with E-state index in [0.29, 0.717) is 11.6 Å². The topological polar surface area (TPSA) is 72.3 Å². The maximum absolute atomic E-state index is 11.1. The minimum absolute atomic E-state index is 0.115. The average Bonchev–Trinajstić information content (AvgIpc) is 2.34. The number of nitrogens with zero attached hydrogens (tertiary/aromatic N) is 2. The second-order valence-corrected chi connectivity index (χ2v) is 4.70. The van der Waals surface area contributed by atoms with E-state index in [2.05, 4.69) is 9.97 Å². The molecular weight excluding hydrogens is 347 g/mol. The highest BCUT2D eigenvalue weighted by atomic mass is 127. The van der Waals surface area contributed by atoms with Gasteiger partial charge in [-0.3, -0.25) is 0 Å². The van der Waals surface area contributed by atoms with Crippen LogP contribution < -0.4 is 4.74 Å². The van der Waals surface area contributed by atoms with E-state index < -0.39 is 5.97 Å². The Morgan fingerprint density at radius 3 is 2.89 bits per heavy atom. The molecule has 1 N–H and O–H groups in total. The largest absolute Gasteiger partial charge is 0.478 e. The molecule has 0 aliphatic carbocycles. The van der Waals surface area contributed by atoms with Crippen LogP contribution in [0.4, 0.5) is 0 Å². The van der Waals surface area contributed by atoms with Gasteiger partial charge in [0.15, 0.2) is 0 Å². The van der Waals surface area contributed by atoms with E-state index in [1.165, 1.54) is 12.4 Å². The van der Waals surface area contributed by atoms with Crippen molar-refractivity contribution in [3.8, 4) is 11.6 Å². The van der Waals surface area contributed by atoms with Gasteiger partial charge in [-0.1, -0.05) is 12.1 Å². The Labute approximate surface area is 117 Å². The maximum atomic E-state index is 11.1. The number of aryl methyl sites for hydroxylation is 1. The summed E-state index contributed by atoms with van der Waals surface area (Å²) in [5, 5.41) is 9.12. The van der Waals surface area contributed by atoms with Crippen LogP contribution in [0.25, 0.3) is 0 Å². The van der Waals surface area contributed by atoms with E-state index in [1.54, 1.807) is 25.3 Å². The highest BCUT2D eigenvalue weighted by Gasteiger charge is 2.15. The number of rotatable bonds is 3. The van der Waals surface area contributed by atoms with Gasteiger partial charge >= 0.3 is 5.97 Å². The highest BCUT2D eigenvalue weighted by molar-refractivity contribution is 14.1. The lowest BCUT2D eigenvalue weighted by Gasteiger charge is -2.11. The molecule has 0 bridgehead atoms. The first-order chi connectivity index (χ1) is 8.59. The molecule has 18 heavy (non-hydrogen) atoms. The van der Waals surface area contributed by atoms with Crippen LogP contribution in [-0.4, -0.2) is 21.0 Å². The molecule has 1 aromatic heterocycles.